The van der Waals surface area contributed by atoms with E-state index in [-0.39, 0.29) is 11.4 Å². The average Bonchev–Trinajstić information content (AvgIpc) is 3.25. The number of nitriles is 2. The summed E-state index contributed by atoms with van der Waals surface area (Å²) in [5, 5.41) is 24.8. The second kappa shape index (κ2) is 7.22. The Morgan fingerprint density at radius 2 is 1.30 bits per heavy atom. The summed E-state index contributed by atoms with van der Waals surface area (Å²) in [4.78, 5) is 8.58. The number of fused-ring (bicyclic) bond motifs is 5. The molecule has 3 heterocycles. The molecule has 4 rings (SSSR count). The van der Waals surface area contributed by atoms with Crippen LogP contribution >= 0.6 is 0 Å². The number of hydrogen-bond acceptors (Lipinski definition) is 8. The first-order chi connectivity index (χ1) is 13.3. The Morgan fingerprint density at radius 1 is 0.815 bits per heavy atom. The summed E-state index contributed by atoms with van der Waals surface area (Å²) in [7, 11) is 0. The molecule has 8 heteroatoms. The molecule has 1 aromatic carbocycles. The lowest BCUT2D eigenvalue weighted by Crippen LogP contribution is -2.09. The second-order valence-electron chi connectivity index (χ2n) is 6.12. The molecule has 0 spiro atoms. The van der Waals surface area contributed by atoms with Crippen LogP contribution in [0.15, 0.2) is 33.1 Å². The van der Waals surface area contributed by atoms with E-state index in [2.05, 4.69) is 32.7 Å². The third-order valence-corrected chi connectivity index (χ3v) is 4.28. The standard InChI is InChI=1S/C19H16N6O2/c20-10-14-18-22-6-3-7-23-19-15(11-21)25-17(27-19)9-13-5-2-1-4-12(13)8-16(24-14)26-18/h1-2,4-5,22-23H,3,6-9H2. The molecule has 27 heavy (non-hydrogen) atoms. The van der Waals surface area contributed by atoms with E-state index in [0.717, 1.165) is 17.5 Å². The summed E-state index contributed by atoms with van der Waals surface area (Å²) < 4.78 is 11.5. The van der Waals surface area contributed by atoms with E-state index in [1.165, 1.54) is 0 Å². The molecule has 2 N–H and O–H groups in total. The van der Waals surface area contributed by atoms with Crippen molar-refractivity contribution >= 4 is 11.8 Å². The van der Waals surface area contributed by atoms with Gasteiger partial charge < -0.3 is 19.5 Å². The summed E-state index contributed by atoms with van der Waals surface area (Å²) >= 11 is 0. The monoisotopic (exact) mass is 360 g/mol. The predicted octanol–water partition coefficient (Wildman–Crippen LogP) is 2.82. The first kappa shape index (κ1) is 16.7. The van der Waals surface area contributed by atoms with Gasteiger partial charge in [-0.15, -0.1) is 0 Å². The minimum Gasteiger partial charge on any atom is -0.423 e. The van der Waals surface area contributed by atoms with E-state index >= 15 is 0 Å². The molecule has 1 aliphatic heterocycles. The van der Waals surface area contributed by atoms with Crippen LogP contribution in [-0.2, 0) is 12.8 Å². The highest BCUT2D eigenvalue weighted by Gasteiger charge is 2.18. The highest BCUT2D eigenvalue weighted by Crippen LogP contribution is 2.24. The highest BCUT2D eigenvalue weighted by molar-refractivity contribution is 5.47. The number of nitrogens with one attached hydrogen (secondary N) is 2. The van der Waals surface area contributed by atoms with Crippen molar-refractivity contribution in [3.05, 3.63) is 58.6 Å². The fraction of sp³-hybridized carbons (Fsp3) is 0.263. The van der Waals surface area contributed by atoms with Crippen LogP contribution in [0.2, 0.25) is 0 Å². The van der Waals surface area contributed by atoms with Gasteiger partial charge in [0.05, 0.1) is 0 Å². The van der Waals surface area contributed by atoms with Crippen LogP contribution in [0.25, 0.3) is 0 Å². The second-order valence-corrected chi connectivity index (χ2v) is 6.12. The van der Waals surface area contributed by atoms with Crippen molar-refractivity contribution in [2.75, 3.05) is 23.7 Å². The zero-order valence-corrected chi connectivity index (χ0v) is 14.5. The third kappa shape index (κ3) is 3.46. The van der Waals surface area contributed by atoms with Gasteiger partial charge in [-0.3, -0.25) is 0 Å². The van der Waals surface area contributed by atoms with Gasteiger partial charge in [-0.2, -0.15) is 10.5 Å². The lowest BCUT2D eigenvalue weighted by atomic mass is 10.0. The van der Waals surface area contributed by atoms with Gasteiger partial charge in [0.1, 0.15) is 12.1 Å². The fourth-order valence-electron chi connectivity index (χ4n) is 2.99. The number of benzene rings is 1. The molecule has 0 saturated carbocycles. The Hall–Kier alpha value is -3.78. The molecule has 0 amide bonds. The largest absolute Gasteiger partial charge is 0.423 e. The van der Waals surface area contributed by atoms with Crippen molar-refractivity contribution in [3.8, 4) is 12.1 Å². The maximum atomic E-state index is 9.29. The van der Waals surface area contributed by atoms with Crippen LogP contribution in [0.4, 0.5) is 11.8 Å². The van der Waals surface area contributed by atoms with Crippen LogP contribution in [-0.4, -0.2) is 23.1 Å². The summed E-state index contributed by atoms with van der Waals surface area (Å²) in [6, 6.07) is 12.0. The molecule has 8 nitrogen and oxygen atoms in total. The number of oxazole rings is 2. The Morgan fingerprint density at radius 3 is 1.74 bits per heavy atom. The van der Waals surface area contributed by atoms with Crippen molar-refractivity contribution in [2.24, 2.45) is 0 Å². The van der Waals surface area contributed by atoms with Crippen LogP contribution < -0.4 is 10.6 Å². The number of rotatable bonds is 0. The SMILES string of the molecule is N#Cc1nc2oc1NCCCNc1oc(nc1C#N)Cc1ccccc1C2. The minimum atomic E-state index is 0.254. The third-order valence-electron chi connectivity index (χ3n) is 4.28. The van der Waals surface area contributed by atoms with E-state index < -0.39 is 0 Å². The summed E-state index contributed by atoms with van der Waals surface area (Å²) in [6.45, 7) is 1.16. The Bertz CT molecular complexity index is 970. The van der Waals surface area contributed by atoms with Gasteiger partial charge in [-0.25, -0.2) is 9.97 Å². The molecule has 2 aromatic heterocycles. The van der Waals surface area contributed by atoms with Gasteiger partial charge in [-0.1, -0.05) is 24.3 Å². The molecule has 3 aromatic rings. The van der Waals surface area contributed by atoms with Gasteiger partial charge >= 0.3 is 0 Å². The Balaban J connectivity index is 1.73. The van der Waals surface area contributed by atoms with Crippen LogP contribution in [0.3, 0.4) is 0 Å². The van der Waals surface area contributed by atoms with Gasteiger partial charge in [0.2, 0.25) is 34.9 Å². The normalized spacial score (nSPS) is 13.7. The van der Waals surface area contributed by atoms with E-state index in [0.29, 0.717) is 49.5 Å². The molecule has 134 valence electrons. The van der Waals surface area contributed by atoms with Crippen molar-refractivity contribution in [1.82, 2.24) is 9.97 Å². The van der Waals surface area contributed by atoms with Crippen molar-refractivity contribution < 1.29 is 8.83 Å². The highest BCUT2D eigenvalue weighted by atomic mass is 16.4. The molecule has 1 aliphatic rings. The molecular weight excluding hydrogens is 344 g/mol. The Kier molecular flexibility index (Phi) is 4.46. The fourth-order valence-corrected chi connectivity index (χ4v) is 2.99. The average molecular weight is 360 g/mol. The quantitative estimate of drug-likeness (QED) is 0.627. The maximum absolute atomic E-state index is 9.29. The topological polar surface area (TPSA) is 124 Å². The molecule has 0 unspecified atom stereocenters. The summed E-state index contributed by atoms with van der Waals surface area (Å²) in [5.41, 5.74) is 2.50. The minimum absolute atomic E-state index is 0.254. The maximum Gasteiger partial charge on any atom is 0.232 e. The molecule has 0 fully saturated rings. The Labute approximate surface area is 155 Å². The number of nitrogens with zero attached hydrogens (tertiary/aromatic N) is 4. The number of aromatic nitrogens is 2. The lowest BCUT2D eigenvalue weighted by Gasteiger charge is -2.05. The first-order valence-electron chi connectivity index (χ1n) is 8.61. The predicted molar refractivity (Wildman–Crippen MR) is 96.1 cm³/mol. The molecule has 0 aliphatic carbocycles. The lowest BCUT2D eigenvalue weighted by molar-refractivity contribution is 0.513. The zero-order chi connectivity index (χ0) is 18.6. The van der Waals surface area contributed by atoms with Crippen molar-refractivity contribution in [1.29, 1.82) is 10.5 Å². The van der Waals surface area contributed by atoms with Gasteiger partial charge in [0.25, 0.3) is 0 Å². The smallest absolute Gasteiger partial charge is 0.232 e. The van der Waals surface area contributed by atoms with Crippen LogP contribution in [0, 0.1) is 22.7 Å². The van der Waals surface area contributed by atoms with Gasteiger partial charge in [-0.05, 0) is 17.5 Å². The van der Waals surface area contributed by atoms with Gasteiger partial charge in [0.15, 0.2) is 0 Å². The summed E-state index contributed by atoms with van der Waals surface area (Å²) in [5.74, 6) is 1.72. The molecule has 4 bridgehead atoms. The van der Waals surface area contributed by atoms with Crippen molar-refractivity contribution in [3.63, 3.8) is 0 Å². The zero-order valence-electron chi connectivity index (χ0n) is 14.5. The van der Waals surface area contributed by atoms with Gasteiger partial charge in [0, 0.05) is 25.9 Å². The van der Waals surface area contributed by atoms with E-state index in [9.17, 15) is 10.5 Å². The molecule has 0 saturated heterocycles. The first-order valence-corrected chi connectivity index (χ1v) is 8.61. The van der Waals surface area contributed by atoms with E-state index in [1.54, 1.807) is 0 Å². The van der Waals surface area contributed by atoms with E-state index in [4.69, 9.17) is 8.83 Å². The number of hydrogen-bond donors (Lipinski definition) is 2. The number of anilines is 2. The van der Waals surface area contributed by atoms with Crippen LogP contribution in [0.5, 0.6) is 0 Å². The molecule has 0 atom stereocenters. The molecule has 0 radical (unpaired) electrons. The van der Waals surface area contributed by atoms with E-state index in [1.807, 2.05) is 24.3 Å². The molecular formula is C19H16N6O2. The van der Waals surface area contributed by atoms with Crippen LogP contribution in [0.1, 0.15) is 40.7 Å². The summed E-state index contributed by atoms with van der Waals surface area (Å²) in [6.07, 6.45) is 1.62. The van der Waals surface area contributed by atoms with Crippen molar-refractivity contribution in [2.45, 2.75) is 19.3 Å².